The number of halogens is 1. The van der Waals surface area contributed by atoms with Gasteiger partial charge in [-0.1, -0.05) is 66.7 Å². The molecule has 0 radical (unpaired) electrons. The van der Waals surface area contributed by atoms with Crippen LogP contribution in [0.2, 0.25) is 0 Å². The van der Waals surface area contributed by atoms with Crippen molar-refractivity contribution in [1.82, 2.24) is 5.32 Å². The second-order valence-electron chi connectivity index (χ2n) is 6.99. The van der Waals surface area contributed by atoms with Gasteiger partial charge in [0.2, 0.25) is 0 Å². The van der Waals surface area contributed by atoms with Gasteiger partial charge in [-0.25, -0.2) is 9.18 Å². The lowest BCUT2D eigenvalue weighted by molar-refractivity contribution is 0.144. The summed E-state index contributed by atoms with van der Waals surface area (Å²) >= 11 is 0. The maximum absolute atomic E-state index is 13.7. The van der Waals surface area contributed by atoms with Gasteiger partial charge in [0.05, 0.1) is 5.69 Å². The largest absolute Gasteiger partial charge is 0.449 e. The number of hydrogen-bond acceptors (Lipinski definition) is 4. The molecule has 0 heterocycles. The number of nitrogens with one attached hydrogen (secondary N) is 2. The van der Waals surface area contributed by atoms with Crippen molar-refractivity contribution in [2.24, 2.45) is 5.84 Å². The molecule has 6 heteroatoms. The van der Waals surface area contributed by atoms with Crippen LogP contribution in [0.1, 0.15) is 22.6 Å². The molecule has 30 heavy (non-hydrogen) atoms. The molecule has 0 aromatic heterocycles. The van der Waals surface area contributed by atoms with Crippen molar-refractivity contribution < 1.29 is 13.9 Å². The Morgan fingerprint density at radius 3 is 2.33 bits per heavy atom. The zero-order valence-electron chi connectivity index (χ0n) is 16.3. The van der Waals surface area contributed by atoms with Crippen LogP contribution in [0.25, 0.3) is 17.2 Å². The maximum Gasteiger partial charge on any atom is 0.407 e. The molecule has 152 valence electrons. The van der Waals surface area contributed by atoms with Crippen LogP contribution in [0, 0.1) is 5.82 Å². The van der Waals surface area contributed by atoms with E-state index in [4.69, 9.17) is 10.6 Å². The number of amides is 1. The molecule has 1 aliphatic rings. The molecule has 0 fully saturated rings. The van der Waals surface area contributed by atoms with Gasteiger partial charge in [0.15, 0.2) is 0 Å². The van der Waals surface area contributed by atoms with Gasteiger partial charge in [0, 0.05) is 12.5 Å². The van der Waals surface area contributed by atoms with E-state index in [0.29, 0.717) is 5.56 Å². The number of carbonyl (C=O) groups is 1. The minimum atomic E-state index is -0.490. The molecule has 0 bridgehead atoms. The summed E-state index contributed by atoms with van der Waals surface area (Å²) in [6.45, 7) is 0.539. The second kappa shape index (κ2) is 8.80. The molecular weight excluding hydrogens is 381 g/mol. The quantitative estimate of drug-likeness (QED) is 0.413. The Balaban J connectivity index is 1.32. The van der Waals surface area contributed by atoms with Crippen LogP contribution in [0.4, 0.5) is 14.9 Å². The van der Waals surface area contributed by atoms with Crippen molar-refractivity contribution in [3.05, 3.63) is 95.3 Å². The summed E-state index contributed by atoms with van der Waals surface area (Å²) < 4.78 is 19.2. The number of hydrazine groups is 1. The summed E-state index contributed by atoms with van der Waals surface area (Å²) in [6.07, 6.45) is 2.95. The van der Waals surface area contributed by atoms with Crippen LogP contribution in [0.3, 0.4) is 0 Å². The van der Waals surface area contributed by atoms with E-state index in [1.807, 2.05) is 24.3 Å². The minimum absolute atomic E-state index is 0.0244. The average molecular weight is 403 g/mol. The highest BCUT2D eigenvalue weighted by Crippen LogP contribution is 2.44. The molecule has 5 nitrogen and oxygen atoms in total. The van der Waals surface area contributed by atoms with Crippen LogP contribution in [-0.2, 0) is 4.74 Å². The van der Waals surface area contributed by atoms with Crippen molar-refractivity contribution in [1.29, 1.82) is 0 Å². The van der Waals surface area contributed by atoms with Crippen molar-refractivity contribution in [3.8, 4) is 11.1 Å². The Morgan fingerprint density at radius 1 is 1.03 bits per heavy atom. The standard InChI is InChI=1S/C24H22FN3O2/c25-22-14-16(11-12-23(22)28-26)6-5-13-27-24(29)30-15-21-19-9-3-1-7-17(19)18-8-2-4-10-20(18)21/h1-12,14,21,28H,13,15,26H2,(H,27,29). The van der Waals surface area contributed by atoms with E-state index in [1.165, 1.54) is 28.3 Å². The van der Waals surface area contributed by atoms with Gasteiger partial charge in [-0.05, 0) is 39.9 Å². The van der Waals surface area contributed by atoms with Gasteiger partial charge in [-0.2, -0.15) is 0 Å². The number of fused-ring (bicyclic) bond motifs is 3. The molecule has 0 spiro atoms. The smallest absolute Gasteiger partial charge is 0.407 e. The molecule has 1 aliphatic carbocycles. The fraction of sp³-hybridized carbons (Fsp3) is 0.125. The fourth-order valence-electron chi connectivity index (χ4n) is 3.74. The first-order valence-electron chi connectivity index (χ1n) is 9.69. The maximum atomic E-state index is 13.7. The van der Waals surface area contributed by atoms with Crippen LogP contribution in [0.5, 0.6) is 0 Å². The molecule has 3 aromatic rings. The molecule has 0 atom stereocenters. The number of ether oxygens (including phenoxy) is 1. The highest BCUT2D eigenvalue weighted by molar-refractivity contribution is 5.79. The molecule has 0 aliphatic heterocycles. The molecule has 0 unspecified atom stereocenters. The zero-order valence-corrected chi connectivity index (χ0v) is 16.3. The predicted octanol–water partition coefficient (Wildman–Crippen LogP) is 4.66. The molecule has 4 N–H and O–H groups in total. The van der Waals surface area contributed by atoms with E-state index < -0.39 is 11.9 Å². The molecule has 0 saturated heterocycles. The topological polar surface area (TPSA) is 76.4 Å². The summed E-state index contributed by atoms with van der Waals surface area (Å²) in [5, 5.41) is 2.69. The summed E-state index contributed by atoms with van der Waals surface area (Å²) in [4.78, 5) is 12.1. The summed E-state index contributed by atoms with van der Waals surface area (Å²) in [7, 11) is 0. The Bertz CT molecular complexity index is 1050. The number of hydrogen-bond donors (Lipinski definition) is 3. The third-order valence-corrected chi connectivity index (χ3v) is 5.17. The first kappa shape index (κ1) is 19.7. The van der Waals surface area contributed by atoms with Gasteiger partial charge in [0.25, 0.3) is 0 Å². The Labute approximate surface area is 174 Å². The van der Waals surface area contributed by atoms with E-state index in [2.05, 4.69) is 35.0 Å². The van der Waals surface area contributed by atoms with Crippen LogP contribution < -0.4 is 16.6 Å². The molecule has 4 rings (SSSR count). The SMILES string of the molecule is NNc1ccc(C=CCNC(=O)OCC2c3ccccc3-c3ccccc32)cc1F. The van der Waals surface area contributed by atoms with Crippen LogP contribution in [-0.4, -0.2) is 19.2 Å². The van der Waals surface area contributed by atoms with E-state index >= 15 is 0 Å². The van der Waals surface area contributed by atoms with E-state index in [-0.39, 0.29) is 24.8 Å². The predicted molar refractivity (Wildman–Crippen MR) is 116 cm³/mol. The number of carbonyl (C=O) groups excluding carboxylic acids is 1. The third kappa shape index (κ3) is 4.04. The minimum Gasteiger partial charge on any atom is -0.449 e. The first-order valence-corrected chi connectivity index (χ1v) is 9.69. The zero-order chi connectivity index (χ0) is 20.9. The number of anilines is 1. The highest BCUT2D eigenvalue weighted by Gasteiger charge is 2.28. The summed E-state index contributed by atoms with van der Waals surface area (Å²) in [5.41, 5.74) is 7.89. The lowest BCUT2D eigenvalue weighted by Crippen LogP contribution is -2.26. The molecule has 3 aromatic carbocycles. The van der Waals surface area contributed by atoms with Gasteiger partial charge < -0.3 is 15.5 Å². The van der Waals surface area contributed by atoms with Crippen molar-refractivity contribution >= 4 is 17.9 Å². The monoisotopic (exact) mass is 403 g/mol. The fourth-order valence-corrected chi connectivity index (χ4v) is 3.74. The number of alkyl carbamates (subject to hydrolysis) is 1. The Morgan fingerprint density at radius 2 is 1.70 bits per heavy atom. The molecule has 0 saturated carbocycles. The van der Waals surface area contributed by atoms with Gasteiger partial charge in [-0.15, -0.1) is 0 Å². The van der Waals surface area contributed by atoms with Crippen LogP contribution >= 0.6 is 0 Å². The Kier molecular flexibility index (Phi) is 5.77. The van der Waals surface area contributed by atoms with Crippen molar-refractivity contribution in [3.63, 3.8) is 0 Å². The average Bonchev–Trinajstić information content (AvgIpc) is 3.09. The number of benzene rings is 3. The summed E-state index contributed by atoms with van der Waals surface area (Å²) in [5.74, 6) is 4.80. The highest BCUT2D eigenvalue weighted by atomic mass is 19.1. The number of rotatable bonds is 6. The Hall–Kier alpha value is -3.64. The van der Waals surface area contributed by atoms with Crippen molar-refractivity contribution in [2.45, 2.75) is 5.92 Å². The number of nitrogen functional groups attached to an aromatic ring is 1. The van der Waals surface area contributed by atoms with E-state index in [1.54, 1.807) is 24.3 Å². The second-order valence-corrected chi connectivity index (χ2v) is 6.99. The molecular formula is C24H22FN3O2. The van der Waals surface area contributed by atoms with Gasteiger partial charge >= 0.3 is 6.09 Å². The lowest BCUT2D eigenvalue weighted by atomic mass is 9.98. The van der Waals surface area contributed by atoms with E-state index in [0.717, 1.165) is 0 Å². The third-order valence-electron chi connectivity index (χ3n) is 5.17. The van der Waals surface area contributed by atoms with Crippen molar-refractivity contribution in [2.75, 3.05) is 18.6 Å². The van der Waals surface area contributed by atoms with Crippen LogP contribution in [0.15, 0.2) is 72.8 Å². The molecule has 1 amide bonds. The first-order chi connectivity index (χ1) is 14.7. The van der Waals surface area contributed by atoms with Gasteiger partial charge in [0.1, 0.15) is 12.4 Å². The van der Waals surface area contributed by atoms with Gasteiger partial charge in [-0.3, -0.25) is 5.84 Å². The number of nitrogens with two attached hydrogens (primary N) is 1. The summed E-state index contributed by atoms with van der Waals surface area (Å²) in [6, 6.07) is 21.0. The lowest BCUT2D eigenvalue weighted by Gasteiger charge is -2.14. The normalized spacial score (nSPS) is 12.5. The van der Waals surface area contributed by atoms with E-state index in [9.17, 15) is 9.18 Å².